The summed E-state index contributed by atoms with van der Waals surface area (Å²) in [7, 11) is 0. The molecule has 0 aliphatic carbocycles. The molecule has 0 fully saturated rings. The molecule has 0 aliphatic heterocycles. The van der Waals surface area contributed by atoms with Crippen LogP contribution >= 0.6 is 0 Å². The van der Waals surface area contributed by atoms with E-state index in [1.165, 1.54) is 5.56 Å². The third-order valence-corrected chi connectivity index (χ3v) is 3.63. The summed E-state index contributed by atoms with van der Waals surface area (Å²) in [5, 5.41) is 10.1. The first-order chi connectivity index (χ1) is 9.84. The van der Waals surface area contributed by atoms with Gasteiger partial charge in [0.15, 0.2) is 0 Å². The SMILES string of the molecule is CCCn1c(-c2ccc(C)cc2)ccc(C(C)(C)O)c1=O. The van der Waals surface area contributed by atoms with Gasteiger partial charge in [0.1, 0.15) is 0 Å². The highest BCUT2D eigenvalue weighted by molar-refractivity contribution is 5.60. The molecule has 0 saturated heterocycles. The van der Waals surface area contributed by atoms with Crippen molar-refractivity contribution in [2.45, 2.75) is 46.3 Å². The van der Waals surface area contributed by atoms with Gasteiger partial charge in [-0.2, -0.15) is 0 Å². The summed E-state index contributed by atoms with van der Waals surface area (Å²) in [5.41, 5.74) is 2.31. The predicted molar refractivity (Wildman–Crippen MR) is 86.4 cm³/mol. The fourth-order valence-corrected chi connectivity index (χ4v) is 2.47. The zero-order chi connectivity index (χ0) is 15.6. The number of benzene rings is 1. The van der Waals surface area contributed by atoms with E-state index in [9.17, 15) is 9.90 Å². The molecule has 1 aromatic carbocycles. The Morgan fingerprint density at radius 2 is 1.71 bits per heavy atom. The maximum absolute atomic E-state index is 12.7. The van der Waals surface area contributed by atoms with Crippen molar-refractivity contribution in [3.8, 4) is 11.3 Å². The molecule has 3 heteroatoms. The summed E-state index contributed by atoms with van der Waals surface area (Å²) in [6.45, 7) is 8.02. The number of nitrogens with zero attached hydrogens (tertiary/aromatic N) is 1. The molecule has 0 unspecified atom stereocenters. The van der Waals surface area contributed by atoms with Gasteiger partial charge in [0.05, 0.1) is 11.3 Å². The second kappa shape index (κ2) is 5.86. The van der Waals surface area contributed by atoms with Crippen LogP contribution in [0.2, 0.25) is 0 Å². The summed E-state index contributed by atoms with van der Waals surface area (Å²) >= 11 is 0. The van der Waals surface area contributed by atoms with E-state index in [1.807, 2.05) is 44.2 Å². The largest absolute Gasteiger partial charge is 0.386 e. The molecule has 0 saturated carbocycles. The average molecular weight is 285 g/mol. The standard InChI is InChI=1S/C18H23NO2/c1-5-12-19-16(14-8-6-13(2)7-9-14)11-10-15(17(19)20)18(3,4)21/h6-11,21H,5,12H2,1-4H3. The van der Waals surface area contributed by atoms with E-state index >= 15 is 0 Å². The van der Waals surface area contributed by atoms with E-state index in [2.05, 4.69) is 0 Å². The van der Waals surface area contributed by atoms with Crippen molar-refractivity contribution in [1.82, 2.24) is 4.57 Å². The maximum atomic E-state index is 12.7. The van der Waals surface area contributed by atoms with Crippen molar-refractivity contribution in [3.05, 3.63) is 57.9 Å². The second-order valence-corrected chi connectivity index (χ2v) is 6.01. The lowest BCUT2D eigenvalue weighted by molar-refractivity contribution is 0.0765. The van der Waals surface area contributed by atoms with Crippen molar-refractivity contribution < 1.29 is 5.11 Å². The minimum atomic E-state index is -1.13. The Bertz CT molecular complexity index is 676. The number of aryl methyl sites for hydroxylation is 1. The normalized spacial score (nSPS) is 11.7. The van der Waals surface area contributed by atoms with Gasteiger partial charge in [-0.25, -0.2) is 0 Å². The lowest BCUT2D eigenvalue weighted by Crippen LogP contribution is -2.32. The van der Waals surface area contributed by atoms with Gasteiger partial charge in [0.25, 0.3) is 5.56 Å². The van der Waals surface area contributed by atoms with Gasteiger partial charge in [-0.3, -0.25) is 4.79 Å². The Hall–Kier alpha value is -1.87. The van der Waals surface area contributed by atoms with Crippen molar-refractivity contribution in [2.75, 3.05) is 0 Å². The van der Waals surface area contributed by atoms with Crippen LogP contribution in [-0.4, -0.2) is 9.67 Å². The zero-order valence-electron chi connectivity index (χ0n) is 13.2. The Kier molecular flexibility index (Phi) is 4.33. The first kappa shape index (κ1) is 15.5. The fraction of sp³-hybridized carbons (Fsp3) is 0.389. The van der Waals surface area contributed by atoms with Crippen LogP contribution < -0.4 is 5.56 Å². The number of rotatable bonds is 4. The third kappa shape index (κ3) is 3.24. The van der Waals surface area contributed by atoms with E-state index in [4.69, 9.17) is 0 Å². The molecule has 0 atom stereocenters. The Morgan fingerprint density at radius 3 is 2.24 bits per heavy atom. The highest BCUT2D eigenvalue weighted by Crippen LogP contribution is 2.22. The minimum absolute atomic E-state index is 0.109. The highest BCUT2D eigenvalue weighted by Gasteiger charge is 2.22. The molecule has 1 heterocycles. The van der Waals surface area contributed by atoms with Crippen molar-refractivity contribution in [3.63, 3.8) is 0 Å². The van der Waals surface area contributed by atoms with Crippen molar-refractivity contribution in [2.24, 2.45) is 0 Å². The second-order valence-electron chi connectivity index (χ2n) is 6.01. The van der Waals surface area contributed by atoms with Crippen LogP contribution in [0.1, 0.15) is 38.3 Å². The molecule has 21 heavy (non-hydrogen) atoms. The first-order valence-corrected chi connectivity index (χ1v) is 7.38. The van der Waals surface area contributed by atoms with Crippen LogP contribution in [-0.2, 0) is 12.1 Å². The molecule has 2 aromatic rings. The van der Waals surface area contributed by atoms with Crippen LogP contribution in [0.25, 0.3) is 11.3 Å². The fourth-order valence-electron chi connectivity index (χ4n) is 2.47. The number of pyridine rings is 1. The van der Waals surface area contributed by atoms with Gasteiger partial charge in [0, 0.05) is 12.1 Å². The molecule has 1 aromatic heterocycles. The number of aliphatic hydroxyl groups is 1. The summed E-state index contributed by atoms with van der Waals surface area (Å²) in [4.78, 5) is 12.7. The van der Waals surface area contributed by atoms with E-state index in [-0.39, 0.29) is 5.56 Å². The van der Waals surface area contributed by atoms with Crippen molar-refractivity contribution in [1.29, 1.82) is 0 Å². The number of hydrogen-bond donors (Lipinski definition) is 1. The molecule has 0 amide bonds. The van der Waals surface area contributed by atoms with Gasteiger partial charge in [-0.05, 0) is 44.9 Å². The smallest absolute Gasteiger partial charge is 0.257 e. The van der Waals surface area contributed by atoms with E-state index in [0.29, 0.717) is 12.1 Å². The summed E-state index contributed by atoms with van der Waals surface area (Å²) < 4.78 is 1.76. The Balaban J connectivity index is 2.65. The molecule has 2 rings (SSSR count). The van der Waals surface area contributed by atoms with Gasteiger partial charge >= 0.3 is 0 Å². The topological polar surface area (TPSA) is 42.2 Å². The zero-order valence-corrected chi connectivity index (χ0v) is 13.2. The molecule has 0 radical (unpaired) electrons. The van der Waals surface area contributed by atoms with Gasteiger partial charge in [-0.1, -0.05) is 36.8 Å². The number of hydrogen-bond acceptors (Lipinski definition) is 2. The highest BCUT2D eigenvalue weighted by atomic mass is 16.3. The molecule has 112 valence electrons. The quantitative estimate of drug-likeness (QED) is 0.934. The summed E-state index contributed by atoms with van der Waals surface area (Å²) in [6, 6.07) is 11.8. The molecule has 0 aliphatic rings. The number of aromatic nitrogens is 1. The molecule has 1 N–H and O–H groups in total. The monoisotopic (exact) mass is 285 g/mol. The van der Waals surface area contributed by atoms with Crippen LogP contribution in [0, 0.1) is 6.92 Å². The molecular formula is C18H23NO2. The van der Waals surface area contributed by atoms with Crippen LogP contribution in [0.4, 0.5) is 0 Å². The molecule has 0 bridgehead atoms. The van der Waals surface area contributed by atoms with E-state index in [1.54, 1.807) is 24.5 Å². The summed E-state index contributed by atoms with van der Waals surface area (Å²) in [5.74, 6) is 0. The van der Waals surface area contributed by atoms with Crippen LogP contribution in [0.5, 0.6) is 0 Å². The van der Waals surface area contributed by atoms with Gasteiger partial charge in [-0.15, -0.1) is 0 Å². The first-order valence-electron chi connectivity index (χ1n) is 7.38. The molecular weight excluding hydrogens is 262 g/mol. The van der Waals surface area contributed by atoms with E-state index in [0.717, 1.165) is 17.7 Å². The average Bonchev–Trinajstić information content (AvgIpc) is 2.41. The van der Waals surface area contributed by atoms with Crippen molar-refractivity contribution >= 4 is 0 Å². The third-order valence-electron chi connectivity index (χ3n) is 3.63. The Labute approximate surface area is 125 Å². The van der Waals surface area contributed by atoms with Gasteiger partial charge in [0.2, 0.25) is 0 Å². The van der Waals surface area contributed by atoms with E-state index < -0.39 is 5.60 Å². The summed E-state index contributed by atoms with van der Waals surface area (Å²) in [6.07, 6.45) is 0.869. The lowest BCUT2D eigenvalue weighted by atomic mass is 9.98. The van der Waals surface area contributed by atoms with Crippen LogP contribution in [0.15, 0.2) is 41.2 Å². The molecule has 0 spiro atoms. The predicted octanol–water partition coefficient (Wildman–Crippen LogP) is 3.46. The van der Waals surface area contributed by atoms with Gasteiger partial charge < -0.3 is 9.67 Å². The maximum Gasteiger partial charge on any atom is 0.257 e. The minimum Gasteiger partial charge on any atom is -0.386 e. The Morgan fingerprint density at radius 1 is 1.10 bits per heavy atom. The lowest BCUT2D eigenvalue weighted by Gasteiger charge is -2.20. The molecule has 3 nitrogen and oxygen atoms in total. The van der Waals surface area contributed by atoms with Crippen LogP contribution in [0.3, 0.4) is 0 Å².